The fourth-order valence-electron chi connectivity index (χ4n) is 3.67. The smallest absolute Gasteiger partial charge is 0.243 e. The van der Waals surface area contributed by atoms with Crippen LogP contribution in [-0.4, -0.2) is 45.3 Å². The molecule has 1 amide bonds. The first-order chi connectivity index (χ1) is 14.3. The highest BCUT2D eigenvalue weighted by atomic mass is 32.2. The van der Waals surface area contributed by atoms with Crippen molar-refractivity contribution in [2.75, 3.05) is 31.6 Å². The van der Waals surface area contributed by atoms with Crippen LogP contribution in [0.1, 0.15) is 43.4 Å². The summed E-state index contributed by atoms with van der Waals surface area (Å²) in [5.74, 6) is -0.333. The molecule has 0 unspecified atom stereocenters. The number of benzene rings is 2. The van der Waals surface area contributed by atoms with Crippen molar-refractivity contribution in [1.29, 1.82) is 0 Å². The summed E-state index contributed by atoms with van der Waals surface area (Å²) in [4.78, 5) is 15.0. The summed E-state index contributed by atoms with van der Waals surface area (Å²) in [6.45, 7) is 5.75. The minimum absolute atomic E-state index is 0.185. The van der Waals surface area contributed by atoms with E-state index in [1.165, 1.54) is 32.0 Å². The largest absolute Gasteiger partial charge is 0.372 e. The number of carbonyl (C=O) groups is 1. The molecule has 0 bridgehead atoms. The Kier molecular flexibility index (Phi) is 7.15. The Hall–Kier alpha value is -2.38. The van der Waals surface area contributed by atoms with Crippen molar-refractivity contribution in [3.63, 3.8) is 0 Å². The Bertz CT molecular complexity index is 950. The van der Waals surface area contributed by atoms with E-state index in [2.05, 4.69) is 22.3 Å². The third kappa shape index (κ3) is 5.40. The maximum absolute atomic E-state index is 12.7. The Balaban J connectivity index is 1.57. The van der Waals surface area contributed by atoms with Gasteiger partial charge in [-0.2, -0.15) is 4.31 Å². The second-order valence-electron chi connectivity index (χ2n) is 8.00. The predicted molar refractivity (Wildman–Crippen MR) is 120 cm³/mol. The van der Waals surface area contributed by atoms with Crippen LogP contribution < -0.4 is 10.2 Å². The highest BCUT2D eigenvalue weighted by Crippen LogP contribution is 2.22. The number of rotatable bonds is 7. The Morgan fingerprint density at radius 1 is 1.03 bits per heavy atom. The van der Waals surface area contributed by atoms with Gasteiger partial charge in [-0.05, 0) is 62.9 Å². The van der Waals surface area contributed by atoms with E-state index >= 15 is 0 Å². The van der Waals surface area contributed by atoms with Gasteiger partial charge in [0.1, 0.15) is 0 Å². The fourth-order valence-corrected chi connectivity index (χ4v) is 4.80. The Morgan fingerprint density at radius 2 is 1.63 bits per heavy atom. The lowest BCUT2D eigenvalue weighted by Gasteiger charge is -2.29. The molecule has 1 N–H and O–H groups in total. The lowest BCUT2D eigenvalue weighted by atomic mass is 10.1. The average Bonchev–Trinajstić information content (AvgIpc) is 2.74. The number of nitrogens with one attached hydrogen (secondary N) is 1. The van der Waals surface area contributed by atoms with E-state index in [1.807, 2.05) is 26.0 Å². The molecule has 6 nitrogen and oxygen atoms in total. The zero-order chi connectivity index (χ0) is 21.7. The van der Waals surface area contributed by atoms with Crippen molar-refractivity contribution in [2.24, 2.45) is 0 Å². The highest BCUT2D eigenvalue weighted by molar-refractivity contribution is 7.89. The van der Waals surface area contributed by atoms with E-state index < -0.39 is 10.0 Å². The number of likely N-dealkylation sites (N-methyl/N-ethyl adjacent to an activating group) is 1. The number of hydrogen-bond acceptors (Lipinski definition) is 4. The molecule has 3 rings (SSSR count). The van der Waals surface area contributed by atoms with Gasteiger partial charge in [-0.3, -0.25) is 4.79 Å². The van der Waals surface area contributed by atoms with Crippen LogP contribution in [0.5, 0.6) is 0 Å². The summed E-state index contributed by atoms with van der Waals surface area (Å²) in [6, 6.07) is 14.7. The molecule has 2 aromatic rings. The summed E-state index contributed by atoms with van der Waals surface area (Å²) in [5, 5.41) is 2.90. The molecule has 0 aliphatic carbocycles. The van der Waals surface area contributed by atoms with Gasteiger partial charge in [0.25, 0.3) is 0 Å². The molecule has 2 aromatic carbocycles. The molecule has 0 radical (unpaired) electrons. The van der Waals surface area contributed by atoms with E-state index in [9.17, 15) is 13.2 Å². The van der Waals surface area contributed by atoms with Gasteiger partial charge in [-0.1, -0.05) is 29.8 Å². The number of hydrogen-bond donors (Lipinski definition) is 1. The lowest BCUT2D eigenvalue weighted by molar-refractivity contribution is -0.121. The number of sulfonamides is 1. The first kappa shape index (κ1) is 22.3. The van der Waals surface area contributed by atoms with Crippen LogP contribution in [0.4, 0.5) is 5.69 Å². The Labute approximate surface area is 179 Å². The number of amides is 1. The third-order valence-corrected chi connectivity index (χ3v) is 7.40. The van der Waals surface area contributed by atoms with Crippen molar-refractivity contribution in [3.8, 4) is 0 Å². The van der Waals surface area contributed by atoms with Crippen LogP contribution in [0.2, 0.25) is 0 Å². The minimum Gasteiger partial charge on any atom is -0.372 e. The summed E-state index contributed by atoms with van der Waals surface area (Å²) in [6.07, 6.45) is 3.76. The summed E-state index contributed by atoms with van der Waals surface area (Å²) in [5.41, 5.74) is 3.18. The lowest BCUT2D eigenvalue weighted by Crippen LogP contribution is -2.39. The average molecular weight is 430 g/mol. The second kappa shape index (κ2) is 9.62. The van der Waals surface area contributed by atoms with E-state index in [-0.39, 0.29) is 23.4 Å². The first-order valence-corrected chi connectivity index (χ1v) is 11.9. The predicted octanol–water partition coefficient (Wildman–Crippen LogP) is 3.48. The maximum atomic E-state index is 12.7. The third-order valence-electron chi connectivity index (χ3n) is 5.59. The molecule has 0 spiro atoms. The van der Waals surface area contributed by atoms with Gasteiger partial charge in [0.2, 0.25) is 15.9 Å². The SMILES string of the molecule is Cc1ccc(S(=O)(=O)N(C)CC(=O)N[C@H](C)c2ccc(N3CCCCC3)cc2)cc1. The standard InChI is InChI=1S/C23H31N3O3S/c1-18-7-13-22(14-8-18)30(28,29)25(3)17-23(27)24-19(2)20-9-11-21(12-10-20)26-15-5-4-6-16-26/h7-14,19H,4-6,15-17H2,1-3H3,(H,24,27)/t19-/m1/s1. The molecule has 162 valence electrons. The van der Waals surface area contributed by atoms with Crippen LogP contribution >= 0.6 is 0 Å². The highest BCUT2D eigenvalue weighted by Gasteiger charge is 2.23. The van der Waals surface area contributed by atoms with Crippen LogP contribution in [-0.2, 0) is 14.8 Å². The topological polar surface area (TPSA) is 69.7 Å². The molecule has 1 aliphatic heterocycles. The molecule has 30 heavy (non-hydrogen) atoms. The minimum atomic E-state index is -3.70. The van der Waals surface area contributed by atoms with E-state index in [1.54, 1.807) is 24.3 Å². The molecule has 1 fully saturated rings. The molecule has 7 heteroatoms. The number of nitrogens with zero attached hydrogens (tertiary/aromatic N) is 2. The van der Waals surface area contributed by atoms with Crippen LogP contribution in [0.3, 0.4) is 0 Å². The second-order valence-corrected chi connectivity index (χ2v) is 10.0. The fraction of sp³-hybridized carbons (Fsp3) is 0.435. The van der Waals surface area contributed by atoms with Crippen LogP contribution in [0, 0.1) is 6.92 Å². The van der Waals surface area contributed by atoms with E-state index in [0.29, 0.717) is 0 Å². The van der Waals surface area contributed by atoms with Gasteiger partial charge in [-0.25, -0.2) is 8.42 Å². The molecule has 0 saturated carbocycles. The number of aryl methyl sites for hydroxylation is 1. The van der Waals surface area contributed by atoms with Gasteiger partial charge in [0, 0.05) is 25.8 Å². The molecule has 1 heterocycles. The van der Waals surface area contributed by atoms with Crippen molar-refractivity contribution in [1.82, 2.24) is 9.62 Å². The van der Waals surface area contributed by atoms with Crippen molar-refractivity contribution >= 4 is 21.6 Å². The van der Waals surface area contributed by atoms with Crippen LogP contribution in [0.15, 0.2) is 53.4 Å². The van der Waals surface area contributed by atoms with Crippen LogP contribution in [0.25, 0.3) is 0 Å². The van der Waals surface area contributed by atoms with Gasteiger partial charge < -0.3 is 10.2 Å². The molecule has 0 aromatic heterocycles. The van der Waals surface area contributed by atoms with Crippen molar-refractivity contribution in [2.45, 2.75) is 44.0 Å². The Morgan fingerprint density at radius 3 is 2.23 bits per heavy atom. The number of carbonyl (C=O) groups excluding carboxylic acids is 1. The zero-order valence-corrected chi connectivity index (χ0v) is 18.8. The normalized spacial score (nSPS) is 15.8. The van der Waals surface area contributed by atoms with E-state index in [0.717, 1.165) is 28.5 Å². The monoisotopic (exact) mass is 429 g/mol. The van der Waals surface area contributed by atoms with Gasteiger partial charge in [0.15, 0.2) is 0 Å². The van der Waals surface area contributed by atoms with Gasteiger partial charge in [-0.15, -0.1) is 0 Å². The molecule has 1 atom stereocenters. The molecule has 1 aliphatic rings. The maximum Gasteiger partial charge on any atom is 0.243 e. The van der Waals surface area contributed by atoms with E-state index in [4.69, 9.17) is 0 Å². The zero-order valence-electron chi connectivity index (χ0n) is 18.0. The molecular formula is C23H31N3O3S. The van der Waals surface area contributed by atoms with Gasteiger partial charge in [0.05, 0.1) is 17.5 Å². The first-order valence-electron chi connectivity index (χ1n) is 10.4. The molecule has 1 saturated heterocycles. The van der Waals surface area contributed by atoms with Crippen molar-refractivity contribution in [3.05, 3.63) is 59.7 Å². The summed E-state index contributed by atoms with van der Waals surface area (Å²) >= 11 is 0. The number of anilines is 1. The number of piperidine rings is 1. The van der Waals surface area contributed by atoms with Gasteiger partial charge >= 0.3 is 0 Å². The quantitative estimate of drug-likeness (QED) is 0.732. The summed E-state index contributed by atoms with van der Waals surface area (Å²) < 4.78 is 26.4. The molecular weight excluding hydrogens is 398 g/mol. The van der Waals surface area contributed by atoms with Crippen molar-refractivity contribution < 1.29 is 13.2 Å². The summed E-state index contributed by atoms with van der Waals surface area (Å²) in [7, 11) is -2.28.